The van der Waals surface area contributed by atoms with E-state index in [0.717, 1.165) is 22.6 Å². The zero-order valence-electron chi connectivity index (χ0n) is 9.77. The minimum Gasteiger partial charge on any atom is -0.481 e. The fraction of sp³-hybridized carbons (Fsp3) is 0.462. The molecule has 0 amide bonds. The molecule has 0 spiro atoms. The van der Waals surface area contributed by atoms with Crippen molar-refractivity contribution >= 4 is 17.7 Å². The molecule has 0 saturated heterocycles. The Kier molecular flexibility index (Phi) is 5.39. The van der Waals surface area contributed by atoms with Crippen LogP contribution in [0.3, 0.4) is 0 Å². The van der Waals surface area contributed by atoms with E-state index in [4.69, 9.17) is 5.11 Å². The summed E-state index contributed by atoms with van der Waals surface area (Å²) >= 11 is 1.86. The summed E-state index contributed by atoms with van der Waals surface area (Å²) < 4.78 is 0. The van der Waals surface area contributed by atoms with Gasteiger partial charge >= 0.3 is 5.97 Å². The van der Waals surface area contributed by atoms with Crippen LogP contribution in [-0.4, -0.2) is 16.8 Å². The molecule has 88 valence electrons. The summed E-state index contributed by atoms with van der Waals surface area (Å²) in [4.78, 5) is 10.7. The first kappa shape index (κ1) is 13.1. The number of carbonyl (C=O) groups is 1. The van der Waals surface area contributed by atoms with Crippen molar-refractivity contribution < 1.29 is 9.90 Å². The number of aliphatic carboxylic acids is 1. The van der Waals surface area contributed by atoms with Crippen LogP contribution in [0.4, 0.5) is 0 Å². The Labute approximate surface area is 101 Å². The third kappa shape index (κ3) is 4.71. The van der Waals surface area contributed by atoms with Crippen LogP contribution in [0.2, 0.25) is 0 Å². The molecule has 0 aliphatic carbocycles. The molecule has 0 fully saturated rings. The Morgan fingerprint density at radius 3 is 2.50 bits per heavy atom. The summed E-state index contributed by atoms with van der Waals surface area (Å²) in [5.74, 6) is 1.93. The molecule has 1 aromatic carbocycles. The maximum absolute atomic E-state index is 10.7. The van der Waals surface area contributed by atoms with Crippen molar-refractivity contribution in [2.75, 3.05) is 5.75 Å². The van der Waals surface area contributed by atoms with Crippen molar-refractivity contribution in [3.63, 3.8) is 0 Å². The summed E-state index contributed by atoms with van der Waals surface area (Å²) in [5.41, 5.74) is 2.09. The molecule has 2 nitrogen and oxygen atoms in total. The molecule has 1 aromatic rings. The number of benzene rings is 1. The van der Waals surface area contributed by atoms with E-state index < -0.39 is 5.97 Å². The lowest BCUT2D eigenvalue weighted by Gasteiger charge is -2.08. The fourth-order valence-electron chi connectivity index (χ4n) is 1.44. The van der Waals surface area contributed by atoms with Crippen molar-refractivity contribution in [3.05, 3.63) is 35.4 Å². The summed E-state index contributed by atoms with van der Waals surface area (Å²) in [6.45, 7) is 4.38. The van der Waals surface area contributed by atoms with E-state index in [1.54, 1.807) is 0 Å². The topological polar surface area (TPSA) is 37.3 Å². The van der Waals surface area contributed by atoms with Crippen molar-refractivity contribution in [1.82, 2.24) is 0 Å². The lowest BCUT2D eigenvalue weighted by atomic mass is 10.1. The first-order chi connectivity index (χ1) is 7.59. The molecule has 16 heavy (non-hydrogen) atoms. The van der Waals surface area contributed by atoms with Crippen LogP contribution in [-0.2, 0) is 17.0 Å². The minimum atomic E-state index is -0.763. The van der Waals surface area contributed by atoms with Gasteiger partial charge in [-0.1, -0.05) is 38.1 Å². The molecule has 0 radical (unpaired) electrons. The molecule has 0 aliphatic rings. The molecular weight excluding hydrogens is 220 g/mol. The SMILES string of the molecule is CC(C)CSCc1ccccc1CC(=O)O. The van der Waals surface area contributed by atoms with Gasteiger partial charge in [0, 0.05) is 5.75 Å². The molecule has 0 heterocycles. The molecule has 0 unspecified atom stereocenters. The second-order valence-electron chi connectivity index (χ2n) is 4.25. The van der Waals surface area contributed by atoms with Crippen molar-refractivity contribution in [3.8, 4) is 0 Å². The first-order valence-electron chi connectivity index (χ1n) is 5.46. The third-order valence-electron chi connectivity index (χ3n) is 2.17. The highest BCUT2D eigenvalue weighted by Gasteiger charge is 2.06. The second-order valence-corrected chi connectivity index (χ2v) is 5.28. The average Bonchev–Trinajstić information content (AvgIpc) is 2.19. The van der Waals surface area contributed by atoms with E-state index in [1.165, 1.54) is 0 Å². The molecule has 0 saturated carbocycles. The average molecular weight is 238 g/mol. The number of hydrogen-bond acceptors (Lipinski definition) is 2. The first-order valence-corrected chi connectivity index (χ1v) is 6.61. The van der Waals surface area contributed by atoms with Crippen LogP contribution in [0.25, 0.3) is 0 Å². The van der Waals surface area contributed by atoms with Gasteiger partial charge in [-0.3, -0.25) is 4.79 Å². The van der Waals surface area contributed by atoms with Gasteiger partial charge in [0.25, 0.3) is 0 Å². The van der Waals surface area contributed by atoms with E-state index in [-0.39, 0.29) is 6.42 Å². The third-order valence-corrected chi connectivity index (χ3v) is 3.59. The normalized spacial score (nSPS) is 10.7. The smallest absolute Gasteiger partial charge is 0.307 e. The van der Waals surface area contributed by atoms with Gasteiger partial charge in [0.15, 0.2) is 0 Å². The highest BCUT2D eigenvalue weighted by molar-refractivity contribution is 7.98. The van der Waals surface area contributed by atoms with Gasteiger partial charge in [-0.2, -0.15) is 11.8 Å². The number of hydrogen-bond donors (Lipinski definition) is 1. The summed E-state index contributed by atoms with van der Waals surface area (Å²) in [5, 5.41) is 8.80. The van der Waals surface area contributed by atoms with Crippen molar-refractivity contribution in [1.29, 1.82) is 0 Å². The van der Waals surface area contributed by atoms with Crippen molar-refractivity contribution in [2.24, 2.45) is 5.92 Å². The largest absolute Gasteiger partial charge is 0.481 e. The Hall–Kier alpha value is -0.960. The summed E-state index contributed by atoms with van der Waals surface area (Å²) in [6, 6.07) is 7.79. The highest BCUT2D eigenvalue weighted by atomic mass is 32.2. The fourth-order valence-corrected chi connectivity index (χ4v) is 2.53. The molecular formula is C13H18O2S. The van der Waals surface area contributed by atoms with Crippen LogP contribution in [0.5, 0.6) is 0 Å². The minimum absolute atomic E-state index is 0.123. The van der Waals surface area contributed by atoms with Gasteiger partial charge in [-0.15, -0.1) is 0 Å². The molecule has 0 atom stereocenters. The maximum Gasteiger partial charge on any atom is 0.307 e. The molecule has 0 bridgehead atoms. The van der Waals surface area contributed by atoms with Crippen LogP contribution < -0.4 is 0 Å². The number of carboxylic acid groups (broad SMARTS) is 1. The maximum atomic E-state index is 10.7. The molecule has 0 aromatic heterocycles. The van der Waals surface area contributed by atoms with Crippen LogP contribution in [0.15, 0.2) is 24.3 Å². The molecule has 1 rings (SSSR count). The monoisotopic (exact) mass is 238 g/mol. The zero-order chi connectivity index (χ0) is 12.0. The van der Waals surface area contributed by atoms with E-state index >= 15 is 0 Å². The van der Waals surface area contributed by atoms with Crippen LogP contribution in [0.1, 0.15) is 25.0 Å². The van der Waals surface area contributed by atoms with E-state index in [0.29, 0.717) is 5.92 Å². The summed E-state index contributed by atoms with van der Waals surface area (Å²) in [6.07, 6.45) is 0.123. The second kappa shape index (κ2) is 6.59. The van der Waals surface area contributed by atoms with Crippen LogP contribution >= 0.6 is 11.8 Å². The van der Waals surface area contributed by atoms with Crippen molar-refractivity contribution in [2.45, 2.75) is 26.0 Å². The van der Waals surface area contributed by atoms with E-state index in [2.05, 4.69) is 13.8 Å². The molecule has 0 aliphatic heterocycles. The van der Waals surface area contributed by atoms with Gasteiger partial charge in [0.1, 0.15) is 0 Å². The van der Waals surface area contributed by atoms with Gasteiger partial charge in [-0.25, -0.2) is 0 Å². The lowest BCUT2D eigenvalue weighted by Crippen LogP contribution is -2.03. The van der Waals surface area contributed by atoms with Gasteiger partial charge in [-0.05, 0) is 22.8 Å². The van der Waals surface area contributed by atoms with Gasteiger partial charge in [0.05, 0.1) is 6.42 Å². The number of rotatable bonds is 6. The lowest BCUT2D eigenvalue weighted by molar-refractivity contribution is -0.136. The van der Waals surface area contributed by atoms with Gasteiger partial charge < -0.3 is 5.11 Å². The summed E-state index contributed by atoms with van der Waals surface area (Å²) in [7, 11) is 0. The molecule has 3 heteroatoms. The molecule has 1 N–H and O–H groups in total. The highest BCUT2D eigenvalue weighted by Crippen LogP contribution is 2.19. The number of carboxylic acids is 1. The quantitative estimate of drug-likeness (QED) is 0.827. The zero-order valence-corrected chi connectivity index (χ0v) is 10.6. The Morgan fingerprint density at radius 1 is 1.31 bits per heavy atom. The number of thioether (sulfide) groups is 1. The Morgan fingerprint density at radius 2 is 1.94 bits per heavy atom. The van der Waals surface area contributed by atoms with E-state index in [9.17, 15) is 4.79 Å². The van der Waals surface area contributed by atoms with Gasteiger partial charge in [0.2, 0.25) is 0 Å². The standard InChI is InChI=1S/C13H18O2S/c1-10(2)8-16-9-12-6-4-3-5-11(12)7-13(14)15/h3-6,10H,7-9H2,1-2H3,(H,14,15). The Bertz CT molecular complexity index is 348. The predicted molar refractivity (Wildman–Crippen MR) is 68.8 cm³/mol. The Balaban J connectivity index is 2.60. The van der Waals surface area contributed by atoms with Crippen LogP contribution in [0, 0.1) is 5.92 Å². The van der Waals surface area contributed by atoms with E-state index in [1.807, 2.05) is 36.0 Å². The predicted octanol–water partition coefficient (Wildman–Crippen LogP) is 3.20.